The second-order valence-corrected chi connectivity index (χ2v) is 4.74. The summed E-state index contributed by atoms with van der Waals surface area (Å²) in [5, 5.41) is 0. The van der Waals surface area contributed by atoms with Gasteiger partial charge in [0.25, 0.3) is 0 Å². The summed E-state index contributed by atoms with van der Waals surface area (Å²) >= 11 is 1.79. The van der Waals surface area contributed by atoms with E-state index in [0.29, 0.717) is 13.0 Å². The summed E-state index contributed by atoms with van der Waals surface area (Å²) in [6, 6.07) is 8.41. The fraction of sp³-hybridized carbons (Fsp3) is 0.462. The zero-order valence-electron chi connectivity index (χ0n) is 9.86. The third kappa shape index (κ3) is 5.21. The maximum atomic E-state index is 11.1. The summed E-state index contributed by atoms with van der Waals surface area (Å²) in [5.41, 5.74) is 1.27. The quantitative estimate of drug-likeness (QED) is 0.431. The third-order valence-electron chi connectivity index (χ3n) is 2.09. The maximum Gasteiger partial charge on any atom is 0.305 e. The number of hydrogen-bond donors (Lipinski definition) is 0. The van der Waals surface area contributed by atoms with Gasteiger partial charge in [0.1, 0.15) is 0 Å². The van der Waals surface area contributed by atoms with E-state index in [4.69, 9.17) is 4.74 Å². The minimum Gasteiger partial charge on any atom is -0.466 e. The summed E-state index contributed by atoms with van der Waals surface area (Å²) in [7, 11) is 0. The van der Waals surface area contributed by atoms with E-state index in [9.17, 15) is 4.79 Å². The highest BCUT2D eigenvalue weighted by molar-refractivity contribution is 7.99. The molecule has 3 heteroatoms. The lowest BCUT2D eigenvalue weighted by atomic mass is 10.2. The third-order valence-corrected chi connectivity index (χ3v) is 3.17. The summed E-state index contributed by atoms with van der Waals surface area (Å²) < 4.78 is 4.87. The first-order valence-electron chi connectivity index (χ1n) is 5.57. The van der Waals surface area contributed by atoms with Gasteiger partial charge in [0.05, 0.1) is 6.61 Å². The average Bonchev–Trinajstić information content (AvgIpc) is 2.25. The minimum absolute atomic E-state index is 0.0904. The first kappa shape index (κ1) is 13.1. The molecule has 1 aromatic rings. The lowest BCUT2D eigenvalue weighted by Gasteiger charge is -2.03. The Balaban J connectivity index is 2.18. The van der Waals surface area contributed by atoms with E-state index in [0.717, 1.165) is 12.2 Å². The van der Waals surface area contributed by atoms with Crippen molar-refractivity contribution in [1.29, 1.82) is 0 Å². The molecule has 0 fully saturated rings. The van der Waals surface area contributed by atoms with Gasteiger partial charge in [0.15, 0.2) is 0 Å². The van der Waals surface area contributed by atoms with Crippen LogP contribution >= 0.6 is 11.8 Å². The van der Waals surface area contributed by atoms with Crippen molar-refractivity contribution in [2.75, 3.05) is 12.4 Å². The van der Waals surface area contributed by atoms with Crippen LogP contribution in [0.25, 0.3) is 0 Å². The number of carbonyl (C=O) groups excluding carboxylic acids is 1. The number of thioether (sulfide) groups is 1. The van der Waals surface area contributed by atoms with Crippen molar-refractivity contribution in [3.63, 3.8) is 0 Å². The highest BCUT2D eigenvalue weighted by atomic mass is 32.2. The lowest BCUT2D eigenvalue weighted by Crippen LogP contribution is -2.03. The standard InChI is InChI=1S/C13H18O2S/c1-3-15-13(14)8-5-9-16-12-7-4-6-11(2)10-12/h4,6-7,10H,3,5,8-9H2,1-2H3. The van der Waals surface area contributed by atoms with Crippen molar-refractivity contribution in [3.8, 4) is 0 Å². The Morgan fingerprint density at radius 1 is 1.44 bits per heavy atom. The van der Waals surface area contributed by atoms with E-state index in [1.807, 2.05) is 6.92 Å². The fourth-order valence-electron chi connectivity index (χ4n) is 1.34. The van der Waals surface area contributed by atoms with E-state index in [-0.39, 0.29) is 5.97 Å². The number of hydrogen-bond acceptors (Lipinski definition) is 3. The molecule has 0 saturated carbocycles. The Morgan fingerprint density at radius 2 is 2.25 bits per heavy atom. The molecule has 0 N–H and O–H groups in total. The first-order chi connectivity index (χ1) is 7.72. The molecule has 0 spiro atoms. The Kier molecular flexibility index (Phi) is 6.01. The highest BCUT2D eigenvalue weighted by Crippen LogP contribution is 2.20. The number of carbonyl (C=O) groups is 1. The molecule has 0 unspecified atom stereocenters. The molecule has 0 aliphatic rings. The molecule has 2 nitrogen and oxygen atoms in total. The number of benzene rings is 1. The largest absolute Gasteiger partial charge is 0.466 e. The number of ether oxygens (including phenoxy) is 1. The van der Waals surface area contributed by atoms with Gasteiger partial charge in [-0.2, -0.15) is 0 Å². The molecule has 0 radical (unpaired) electrons. The molecule has 0 atom stereocenters. The van der Waals surface area contributed by atoms with Crippen LogP contribution in [0.5, 0.6) is 0 Å². The number of rotatable bonds is 6. The van der Waals surface area contributed by atoms with Gasteiger partial charge in [-0.3, -0.25) is 4.79 Å². The van der Waals surface area contributed by atoms with Gasteiger partial charge in [-0.25, -0.2) is 0 Å². The monoisotopic (exact) mass is 238 g/mol. The topological polar surface area (TPSA) is 26.3 Å². The molecule has 88 valence electrons. The molecule has 0 aliphatic heterocycles. The van der Waals surface area contributed by atoms with Crippen LogP contribution in [0, 0.1) is 6.92 Å². The highest BCUT2D eigenvalue weighted by Gasteiger charge is 2.01. The van der Waals surface area contributed by atoms with Crippen LogP contribution in [0.1, 0.15) is 25.3 Å². The second kappa shape index (κ2) is 7.34. The molecule has 0 amide bonds. The van der Waals surface area contributed by atoms with Crippen molar-refractivity contribution < 1.29 is 9.53 Å². The Hall–Kier alpha value is -0.960. The lowest BCUT2D eigenvalue weighted by molar-refractivity contribution is -0.143. The van der Waals surface area contributed by atoms with E-state index in [2.05, 4.69) is 31.2 Å². The average molecular weight is 238 g/mol. The van der Waals surface area contributed by atoms with Gasteiger partial charge in [0.2, 0.25) is 0 Å². The zero-order valence-corrected chi connectivity index (χ0v) is 10.7. The SMILES string of the molecule is CCOC(=O)CCCSc1cccc(C)c1. The Labute approximate surface area is 101 Å². The molecule has 0 aliphatic carbocycles. The first-order valence-corrected chi connectivity index (χ1v) is 6.56. The van der Waals surface area contributed by atoms with Crippen LogP contribution in [0.15, 0.2) is 29.2 Å². The van der Waals surface area contributed by atoms with Gasteiger partial charge >= 0.3 is 5.97 Å². The van der Waals surface area contributed by atoms with Crippen molar-refractivity contribution in [1.82, 2.24) is 0 Å². The Bertz CT molecular complexity index is 336. The Morgan fingerprint density at radius 3 is 2.94 bits per heavy atom. The predicted octanol–water partition coefficient (Wildman–Crippen LogP) is 3.43. The molecule has 1 rings (SSSR count). The zero-order chi connectivity index (χ0) is 11.8. The van der Waals surface area contributed by atoms with Gasteiger partial charge in [-0.05, 0) is 38.2 Å². The van der Waals surface area contributed by atoms with Crippen molar-refractivity contribution in [2.45, 2.75) is 31.6 Å². The van der Waals surface area contributed by atoms with E-state index < -0.39 is 0 Å². The molecular formula is C13H18O2S. The summed E-state index contributed by atoms with van der Waals surface area (Å²) in [6.45, 7) is 4.39. The van der Waals surface area contributed by atoms with Gasteiger partial charge in [-0.15, -0.1) is 11.8 Å². The van der Waals surface area contributed by atoms with Gasteiger partial charge in [-0.1, -0.05) is 17.7 Å². The van der Waals surface area contributed by atoms with Crippen molar-refractivity contribution >= 4 is 17.7 Å². The molecule has 16 heavy (non-hydrogen) atoms. The van der Waals surface area contributed by atoms with E-state index in [1.165, 1.54) is 10.5 Å². The van der Waals surface area contributed by atoms with Crippen LogP contribution in [0.3, 0.4) is 0 Å². The maximum absolute atomic E-state index is 11.1. The predicted molar refractivity (Wildman–Crippen MR) is 67.8 cm³/mol. The van der Waals surface area contributed by atoms with Crippen LogP contribution in [-0.2, 0) is 9.53 Å². The fourth-order valence-corrected chi connectivity index (χ4v) is 2.31. The second-order valence-electron chi connectivity index (χ2n) is 3.57. The van der Waals surface area contributed by atoms with Crippen molar-refractivity contribution in [3.05, 3.63) is 29.8 Å². The number of esters is 1. The number of aryl methyl sites for hydroxylation is 1. The van der Waals surface area contributed by atoms with Gasteiger partial charge in [0, 0.05) is 11.3 Å². The summed E-state index contributed by atoms with van der Waals surface area (Å²) in [5.74, 6) is 0.870. The smallest absolute Gasteiger partial charge is 0.305 e. The van der Waals surface area contributed by atoms with Crippen LogP contribution in [-0.4, -0.2) is 18.3 Å². The summed E-state index contributed by atoms with van der Waals surface area (Å²) in [4.78, 5) is 12.3. The molecule has 0 aromatic heterocycles. The normalized spacial score (nSPS) is 10.1. The van der Waals surface area contributed by atoms with E-state index >= 15 is 0 Å². The van der Waals surface area contributed by atoms with Crippen LogP contribution < -0.4 is 0 Å². The molecular weight excluding hydrogens is 220 g/mol. The summed E-state index contributed by atoms with van der Waals surface area (Å²) in [6.07, 6.45) is 1.39. The minimum atomic E-state index is -0.0904. The van der Waals surface area contributed by atoms with Crippen LogP contribution in [0.4, 0.5) is 0 Å². The van der Waals surface area contributed by atoms with Gasteiger partial charge < -0.3 is 4.74 Å². The molecule has 0 saturated heterocycles. The van der Waals surface area contributed by atoms with E-state index in [1.54, 1.807) is 11.8 Å². The van der Waals surface area contributed by atoms with Crippen LogP contribution in [0.2, 0.25) is 0 Å². The molecule has 1 aromatic carbocycles. The molecule has 0 heterocycles. The molecule has 0 bridgehead atoms. The van der Waals surface area contributed by atoms with Crippen molar-refractivity contribution in [2.24, 2.45) is 0 Å².